The van der Waals surface area contributed by atoms with E-state index in [1.54, 1.807) is 34.0 Å². The number of amides is 1. The van der Waals surface area contributed by atoms with Gasteiger partial charge in [-0.3, -0.25) is 19.3 Å². The second-order valence-corrected chi connectivity index (χ2v) is 9.69. The normalized spacial score (nSPS) is 28.6. The minimum absolute atomic E-state index is 0.00113. The van der Waals surface area contributed by atoms with Crippen molar-refractivity contribution in [2.45, 2.75) is 38.3 Å². The van der Waals surface area contributed by atoms with Gasteiger partial charge in [-0.25, -0.2) is 0 Å². The maximum atomic E-state index is 13.6. The van der Waals surface area contributed by atoms with Crippen molar-refractivity contribution in [3.63, 3.8) is 0 Å². The van der Waals surface area contributed by atoms with Crippen molar-refractivity contribution in [1.29, 1.82) is 0 Å². The van der Waals surface area contributed by atoms with Crippen molar-refractivity contribution in [3.8, 4) is 5.75 Å². The number of benzene rings is 1. The molecule has 6 N–H and O–H groups in total. The van der Waals surface area contributed by atoms with Crippen molar-refractivity contribution >= 4 is 23.0 Å². The fraction of sp³-hybridized carbons (Fsp3) is 0.400. The van der Waals surface area contributed by atoms with Gasteiger partial charge in [-0.2, -0.15) is 0 Å². The van der Waals surface area contributed by atoms with E-state index in [-0.39, 0.29) is 29.7 Å². The van der Waals surface area contributed by atoms with Crippen LogP contribution in [-0.4, -0.2) is 68.5 Å². The summed E-state index contributed by atoms with van der Waals surface area (Å²) in [6.45, 7) is 7.40. The first-order valence-corrected chi connectivity index (χ1v) is 10.9. The Hall–Kier alpha value is -3.43. The van der Waals surface area contributed by atoms with Gasteiger partial charge in [0.15, 0.2) is 11.4 Å². The molecule has 9 heteroatoms. The van der Waals surface area contributed by atoms with Crippen LogP contribution in [0.1, 0.15) is 40.4 Å². The molecule has 180 valence electrons. The van der Waals surface area contributed by atoms with E-state index in [0.29, 0.717) is 22.3 Å². The second kappa shape index (κ2) is 7.54. The fourth-order valence-electron chi connectivity index (χ4n) is 5.83. The number of phenols is 1. The lowest BCUT2D eigenvalue weighted by molar-refractivity contribution is -0.148. The van der Waals surface area contributed by atoms with Gasteiger partial charge in [0.05, 0.1) is 11.6 Å². The zero-order valence-corrected chi connectivity index (χ0v) is 19.5. The van der Waals surface area contributed by atoms with E-state index >= 15 is 0 Å². The molecule has 1 aromatic carbocycles. The molecule has 3 aliphatic rings. The van der Waals surface area contributed by atoms with Crippen molar-refractivity contribution in [3.05, 3.63) is 57.6 Å². The third-order valence-electron chi connectivity index (χ3n) is 7.37. The first-order chi connectivity index (χ1) is 15.7. The predicted molar refractivity (Wildman–Crippen MR) is 123 cm³/mol. The minimum atomic E-state index is -2.64. The number of primary amides is 1. The molecule has 0 saturated carbocycles. The summed E-state index contributed by atoms with van der Waals surface area (Å²) < 4.78 is 0. The number of rotatable bonds is 3. The highest BCUT2D eigenvalue weighted by Crippen LogP contribution is 2.53. The summed E-state index contributed by atoms with van der Waals surface area (Å²) in [5.74, 6) is -6.56. The molecule has 0 aromatic heterocycles. The van der Waals surface area contributed by atoms with E-state index < -0.39 is 58.0 Å². The number of phenolic OH excluding ortho intramolecular Hbond substituents is 1. The number of likely N-dealkylation sites (N-methyl/N-ethyl adjacent to an activating group) is 1. The number of hydrogen-bond donors (Lipinski definition) is 5. The molecule has 3 aliphatic carbocycles. The van der Waals surface area contributed by atoms with Gasteiger partial charge >= 0.3 is 0 Å². The lowest BCUT2D eigenvalue weighted by Gasteiger charge is -2.50. The number of hydrogen-bond acceptors (Lipinski definition) is 8. The smallest absolute Gasteiger partial charge is 0.255 e. The molecule has 9 nitrogen and oxygen atoms in total. The summed E-state index contributed by atoms with van der Waals surface area (Å²) in [7, 11) is 3.18. The topological polar surface area (TPSA) is 161 Å². The Balaban J connectivity index is 2.00. The largest absolute Gasteiger partial charge is 0.510 e. The molecule has 1 aromatic rings. The maximum absolute atomic E-state index is 13.6. The van der Waals surface area contributed by atoms with Gasteiger partial charge < -0.3 is 26.2 Å². The lowest BCUT2D eigenvalue weighted by atomic mass is 9.58. The number of aryl methyl sites for hydroxylation is 1. The molecular formula is C25H28N2O7. The molecule has 2 unspecified atom stereocenters. The highest BCUT2D eigenvalue weighted by Gasteiger charge is 2.63. The maximum Gasteiger partial charge on any atom is 0.255 e. The van der Waals surface area contributed by atoms with Crippen LogP contribution in [0.3, 0.4) is 0 Å². The van der Waals surface area contributed by atoms with Gasteiger partial charge in [0, 0.05) is 11.5 Å². The summed E-state index contributed by atoms with van der Waals surface area (Å²) in [5.41, 5.74) is 4.12. The van der Waals surface area contributed by atoms with E-state index in [0.717, 1.165) is 0 Å². The number of fused-ring (bicyclic) bond motifs is 3. The summed E-state index contributed by atoms with van der Waals surface area (Å²) in [6.07, 6.45) is 0.292. The zero-order valence-electron chi connectivity index (χ0n) is 19.5. The molecule has 0 heterocycles. The van der Waals surface area contributed by atoms with Crippen molar-refractivity contribution in [1.82, 2.24) is 4.90 Å². The third-order valence-corrected chi connectivity index (χ3v) is 7.37. The Bertz CT molecular complexity index is 1260. The Labute approximate surface area is 196 Å². The van der Waals surface area contributed by atoms with E-state index in [1.807, 2.05) is 0 Å². The molecule has 0 fully saturated rings. The van der Waals surface area contributed by atoms with E-state index in [2.05, 4.69) is 6.58 Å². The summed E-state index contributed by atoms with van der Waals surface area (Å²) in [4.78, 5) is 40.4. The Morgan fingerprint density at radius 1 is 1.24 bits per heavy atom. The predicted octanol–water partition coefficient (Wildman–Crippen LogP) is 1.46. The van der Waals surface area contributed by atoms with Crippen LogP contribution in [0, 0.1) is 18.8 Å². The number of nitrogens with zero attached hydrogens (tertiary/aromatic N) is 1. The highest BCUT2D eigenvalue weighted by molar-refractivity contribution is 6.24. The van der Waals surface area contributed by atoms with Gasteiger partial charge in [-0.05, 0) is 69.5 Å². The summed E-state index contributed by atoms with van der Waals surface area (Å²) in [6, 6.07) is 0.732. The molecule has 34 heavy (non-hydrogen) atoms. The van der Waals surface area contributed by atoms with Crippen LogP contribution >= 0.6 is 0 Å². The number of ketones is 2. The molecule has 0 spiro atoms. The van der Waals surface area contributed by atoms with Gasteiger partial charge in [0.2, 0.25) is 5.78 Å². The standard InChI is InChI=1S/C25H28N2O7/c1-9(2)12-6-10(3)19(28)16-13(12)7-11-8-14-18(27(4)5)21(30)17(24(26)33)23(32)25(14,34)22(31)15(11)20(16)29/h6,11,14,18,28,30-31,34H,1,7-8H2,2-5H3,(H2,26,33)/t11?,14?,18-,25-/m0/s1. The Morgan fingerprint density at radius 2 is 1.85 bits per heavy atom. The van der Waals surface area contributed by atoms with Gasteiger partial charge in [0.1, 0.15) is 22.8 Å². The number of aliphatic hydroxyl groups excluding tert-OH is 2. The van der Waals surface area contributed by atoms with Gasteiger partial charge in [-0.1, -0.05) is 12.2 Å². The number of carbonyl (C=O) groups excluding carboxylic acids is 3. The monoisotopic (exact) mass is 468 g/mol. The van der Waals surface area contributed by atoms with Crippen LogP contribution in [0.5, 0.6) is 5.75 Å². The Morgan fingerprint density at radius 3 is 2.38 bits per heavy atom. The Kier molecular flexibility index (Phi) is 5.26. The molecule has 0 bridgehead atoms. The SMILES string of the molecule is C=C(C)c1cc(C)c(O)c2c1CC1CC3[C@H](N(C)C)C(O)=C(C(N)=O)C(=O)[C@@]3(O)C(O)=C1C2=O. The number of nitrogens with two attached hydrogens (primary N) is 1. The van der Waals surface area contributed by atoms with Crippen LogP contribution in [0.2, 0.25) is 0 Å². The van der Waals surface area contributed by atoms with Gasteiger partial charge in [-0.15, -0.1) is 0 Å². The van der Waals surface area contributed by atoms with Crippen LogP contribution in [0.25, 0.3) is 5.57 Å². The number of Topliss-reactive ketones (excluding diaryl/α,β-unsaturated/α-hetero) is 2. The first kappa shape index (κ1) is 23.7. The molecular weight excluding hydrogens is 440 g/mol. The lowest BCUT2D eigenvalue weighted by Crippen LogP contribution is -2.63. The van der Waals surface area contributed by atoms with Gasteiger partial charge in [0.25, 0.3) is 5.91 Å². The fourth-order valence-corrected chi connectivity index (χ4v) is 5.83. The second-order valence-electron chi connectivity index (χ2n) is 9.69. The zero-order chi connectivity index (χ0) is 25.4. The first-order valence-electron chi connectivity index (χ1n) is 10.9. The van der Waals surface area contributed by atoms with Crippen LogP contribution in [0.15, 0.2) is 35.3 Å². The van der Waals surface area contributed by atoms with Crippen molar-refractivity contribution in [2.75, 3.05) is 14.1 Å². The molecule has 4 rings (SSSR count). The molecule has 0 saturated heterocycles. The average Bonchev–Trinajstić information content (AvgIpc) is 2.72. The quantitative estimate of drug-likeness (QED) is 0.417. The summed E-state index contributed by atoms with van der Waals surface area (Å²) >= 11 is 0. The molecule has 1 amide bonds. The van der Waals surface area contributed by atoms with Crippen LogP contribution < -0.4 is 5.73 Å². The number of allylic oxidation sites excluding steroid dienone is 2. The van der Waals surface area contributed by atoms with Crippen molar-refractivity contribution < 1.29 is 34.8 Å². The van der Waals surface area contributed by atoms with Crippen LogP contribution in [-0.2, 0) is 16.0 Å². The third kappa shape index (κ3) is 2.90. The van der Waals surface area contributed by atoms with E-state index in [1.165, 1.54) is 4.90 Å². The molecule has 0 aliphatic heterocycles. The number of aliphatic hydroxyl groups is 3. The van der Waals surface area contributed by atoms with E-state index in [9.17, 15) is 34.8 Å². The van der Waals surface area contributed by atoms with Crippen LogP contribution in [0.4, 0.5) is 0 Å². The summed E-state index contributed by atoms with van der Waals surface area (Å²) in [5, 5.41) is 44.3. The minimum Gasteiger partial charge on any atom is -0.510 e. The van der Waals surface area contributed by atoms with Crippen molar-refractivity contribution in [2.24, 2.45) is 17.6 Å². The number of aromatic hydroxyl groups is 1. The molecule has 0 radical (unpaired) electrons. The average molecular weight is 469 g/mol. The number of carbonyl (C=O) groups is 3. The van der Waals surface area contributed by atoms with E-state index in [4.69, 9.17) is 5.73 Å². The molecule has 4 atom stereocenters. The highest BCUT2D eigenvalue weighted by atomic mass is 16.3.